The van der Waals surface area contributed by atoms with Crippen LogP contribution >= 0.6 is 11.8 Å². The SMILES string of the molecule is Cc1cc(C)nc(Sc2cccc(C(=O)O)c2[N+](=O)[O-])c1. The number of aromatic carboxylic acids is 1. The number of aryl methyl sites for hydroxylation is 2. The van der Waals surface area contributed by atoms with Crippen molar-refractivity contribution < 1.29 is 14.8 Å². The molecule has 0 aliphatic rings. The summed E-state index contributed by atoms with van der Waals surface area (Å²) >= 11 is 1.09. The Labute approximate surface area is 125 Å². The van der Waals surface area contributed by atoms with Crippen LogP contribution in [0.1, 0.15) is 21.6 Å². The molecule has 6 nitrogen and oxygen atoms in total. The second kappa shape index (κ2) is 5.92. The summed E-state index contributed by atoms with van der Waals surface area (Å²) in [6, 6.07) is 7.93. The highest BCUT2D eigenvalue weighted by Gasteiger charge is 2.24. The first-order chi connectivity index (χ1) is 9.88. The minimum absolute atomic E-state index is 0.261. The molecule has 1 N–H and O–H groups in total. The Morgan fingerprint density at radius 3 is 2.62 bits per heavy atom. The number of aromatic nitrogens is 1. The molecule has 0 amide bonds. The van der Waals surface area contributed by atoms with E-state index in [0.29, 0.717) is 5.03 Å². The van der Waals surface area contributed by atoms with Gasteiger partial charge in [0.25, 0.3) is 5.69 Å². The molecule has 0 saturated heterocycles. The Morgan fingerprint density at radius 1 is 1.33 bits per heavy atom. The molecule has 7 heteroatoms. The molecule has 0 radical (unpaired) electrons. The molecule has 2 rings (SSSR count). The van der Waals surface area contributed by atoms with E-state index in [0.717, 1.165) is 23.0 Å². The van der Waals surface area contributed by atoms with E-state index in [1.807, 2.05) is 19.9 Å². The quantitative estimate of drug-likeness (QED) is 0.686. The highest BCUT2D eigenvalue weighted by Crippen LogP contribution is 2.36. The maximum atomic E-state index is 11.2. The summed E-state index contributed by atoms with van der Waals surface area (Å²) in [5, 5.41) is 20.8. The van der Waals surface area contributed by atoms with Gasteiger partial charge in [-0.05, 0) is 43.7 Å². The Morgan fingerprint density at radius 2 is 2.05 bits per heavy atom. The summed E-state index contributed by atoms with van der Waals surface area (Å²) in [7, 11) is 0. The van der Waals surface area contributed by atoms with Gasteiger partial charge in [-0.1, -0.05) is 17.8 Å². The van der Waals surface area contributed by atoms with Gasteiger partial charge in [-0.3, -0.25) is 10.1 Å². The summed E-state index contributed by atoms with van der Waals surface area (Å²) in [5.41, 5.74) is 1.06. The molecule has 0 aliphatic heterocycles. The van der Waals surface area contributed by atoms with E-state index < -0.39 is 16.6 Å². The molecule has 0 aliphatic carbocycles. The van der Waals surface area contributed by atoms with Gasteiger partial charge in [0.15, 0.2) is 0 Å². The predicted octanol–water partition coefficient (Wildman–Crippen LogP) is 3.46. The molecule has 0 fully saturated rings. The summed E-state index contributed by atoms with van der Waals surface area (Å²) < 4.78 is 0. The van der Waals surface area contributed by atoms with Gasteiger partial charge >= 0.3 is 5.97 Å². The number of para-hydroxylation sites is 1. The topological polar surface area (TPSA) is 93.3 Å². The Balaban J connectivity index is 2.51. The Bertz CT molecular complexity index is 711. The van der Waals surface area contributed by atoms with Crippen LogP contribution in [0, 0.1) is 24.0 Å². The lowest BCUT2D eigenvalue weighted by molar-refractivity contribution is -0.388. The average Bonchev–Trinajstić information content (AvgIpc) is 2.36. The van der Waals surface area contributed by atoms with Crippen molar-refractivity contribution in [2.24, 2.45) is 0 Å². The van der Waals surface area contributed by atoms with E-state index in [1.165, 1.54) is 18.2 Å². The molecule has 108 valence electrons. The van der Waals surface area contributed by atoms with E-state index in [4.69, 9.17) is 5.11 Å². The number of rotatable bonds is 4. The lowest BCUT2D eigenvalue weighted by Gasteiger charge is -2.06. The van der Waals surface area contributed by atoms with Crippen molar-refractivity contribution in [3.63, 3.8) is 0 Å². The molecule has 0 saturated carbocycles. The second-order valence-corrected chi connectivity index (χ2v) is 5.50. The third-order valence-electron chi connectivity index (χ3n) is 2.70. The number of benzene rings is 1. The first-order valence-electron chi connectivity index (χ1n) is 6.02. The molecule has 1 aromatic carbocycles. The standard InChI is InChI=1S/C14H12N2O4S/c1-8-6-9(2)15-12(7-8)21-11-5-3-4-10(14(17)18)13(11)16(19)20/h3-7H,1-2H3,(H,17,18). The van der Waals surface area contributed by atoms with Crippen molar-refractivity contribution >= 4 is 23.4 Å². The van der Waals surface area contributed by atoms with Crippen LogP contribution in [0.5, 0.6) is 0 Å². The Hall–Kier alpha value is -2.41. The molecule has 0 bridgehead atoms. The predicted molar refractivity (Wildman–Crippen MR) is 77.9 cm³/mol. The lowest BCUT2D eigenvalue weighted by atomic mass is 10.2. The normalized spacial score (nSPS) is 10.4. The van der Waals surface area contributed by atoms with E-state index in [-0.39, 0.29) is 10.5 Å². The summed E-state index contributed by atoms with van der Waals surface area (Å²) in [4.78, 5) is 26.2. The minimum Gasteiger partial charge on any atom is -0.477 e. The Kier molecular flexibility index (Phi) is 4.23. The number of hydrogen-bond acceptors (Lipinski definition) is 5. The van der Waals surface area contributed by atoms with Crippen molar-refractivity contribution in [1.29, 1.82) is 0 Å². The number of hydrogen-bond donors (Lipinski definition) is 1. The fraction of sp³-hybridized carbons (Fsp3) is 0.143. The van der Waals surface area contributed by atoms with Crippen LogP contribution in [0.4, 0.5) is 5.69 Å². The van der Waals surface area contributed by atoms with Crippen molar-refractivity contribution in [3.8, 4) is 0 Å². The number of carboxylic acid groups (broad SMARTS) is 1. The zero-order valence-corrected chi connectivity index (χ0v) is 12.2. The summed E-state index contributed by atoms with van der Waals surface area (Å²) in [6.07, 6.45) is 0. The zero-order valence-electron chi connectivity index (χ0n) is 11.4. The van der Waals surface area contributed by atoms with Crippen LogP contribution in [-0.2, 0) is 0 Å². The van der Waals surface area contributed by atoms with Crippen molar-refractivity contribution in [2.75, 3.05) is 0 Å². The van der Waals surface area contributed by atoms with Gasteiger partial charge in [0.05, 0.1) is 9.82 Å². The second-order valence-electron chi connectivity index (χ2n) is 4.44. The monoisotopic (exact) mass is 304 g/mol. The van der Waals surface area contributed by atoms with E-state index in [2.05, 4.69) is 4.98 Å². The van der Waals surface area contributed by atoms with E-state index in [1.54, 1.807) is 6.07 Å². The zero-order chi connectivity index (χ0) is 15.6. The largest absolute Gasteiger partial charge is 0.477 e. The number of nitro benzene ring substituents is 1. The number of nitrogens with zero attached hydrogens (tertiary/aromatic N) is 2. The highest BCUT2D eigenvalue weighted by molar-refractivity contribution is 7.99. The number of nitro groups is 1. The van der Waals surface area contributed by atoms with Crippen LogP contribution < -0.4 is 0 Å². The molecule has 0 atom stereocenters. The van der Waals surface area contributed by atoms with Crippen molar-refractivity contribution in [2.45, 2.75) is 23.8 Å². The maximum absolute atomic E-state index is 11.2. The minimum atomic E-state index is -1.32. The summed E-state index contributed by atoms with van der Waals surface area (Å²) in [6.45, 7) is 3.74. The lowest BCUT2D eigenvalue weighted by Crippen LogP contribution is -2.03. The third-order valence-corrected chi connectivity index (χ3v) is 3.67. The number of pyridine rings is 1. The summed E-state index contributed by atoms with van der Waals surface area (Å²) in [5.74, 6) is -1.32. The molecular formula is C14H12N2O4S. The van der Waals surface area contributed by atoms with E-state index in [9.17, 15) is 14.9 Å². The fourth-order valence-corrected chi connectivity index (χ4v) is 3.02. The molecule has 0 spiro atoms. The van der Waals surface area contributed by atoms with Crippen LogP contribution in [0.2, 0.25) is 0 Å². The number of carbonyl (C=O) groups is 1. The van der Waals surface area contributed by atoms with E-state index >= 15 is 0 Å². The van der Waals surface area contributed by atoms with Gasteiger partial charge < -0.3 is 5.11 Å². The van der Waals surface area contributed by atoms with Crippen LogP contribution in [0.25, 0.3) is 0 Å². The first kappa shape index (κ1) is 15.0. The van der Waals surface area contributed by atoms with Crippen LogP contribution in [0.15, 0.2) is 40.3 Å². The molecule has 2 aromatic rings. The van der Waals surface area contributed by atoms with Crippen molar-refractivity contribution in [3.05, 3.63) is 57.3 Å². The van der Waals surface area contributed by atoms with Crippen LogP contribution in [0.3, 0.4) is 0 Å². The van der Waals surface area contributed by atoms with Gasteiger partial charge in [0, 0.05) is 5.69 Å². The highest BCUT2D eigenvalue weighted by atomic mass is 32.2. The molecule has 1 heterocycles. The van der Waals surface area contributed by atoms with Gasteiger partial charge in [-0.15, -0.1) is 0 Å². The molecule has 0 unspecified atom stereocenters. The fourth-order valence-electron chi connectivity index (χ4n) is 1.93. The van der Waals surface area contributed by atoms with Gasteiger partial charge in [0.1, 0.15) is 10.6 Å². The maximum Gasteiger partial charge on any atom is 0.342 e. The number of carboxylic acids is 1. The molecule has 1 aromatic heterocycles. The molecule has 21 heavy (non-hydrogen) atoms. The molecular weight excluding hydrogens is 292 g/mol. The first-order valence-corrected chi connectivity index (χ1v) is 6.84. The van der Waals surface area contributed by atoms with Gasteiger partial charge in [-0.2, -0.15) is 0 Å². The third kappa shape index (κ3) is 3.38. The van der Waals surface area contributed by atoms with Crippen LogP contribution in [-0.4, -0.2) is 21.0 Å². The average molecular weight is 304 g/mol. The van der Waals surface area contributed by atoms with Crippen molar-refractivity contribution in [1.82, 2.24) is 4.98 Å². The van der Waals surface area contributed by atoms with Gasteiger partial charge in [-0.25, -0.2) is 9.78 Å². The smallest absolute Gasteiger partial charge is 0.342 e. The van der Waals surface area contributed by atoms with Gasteiger partial charge in [0.2, 0.25) is 0 Å².